The van der Waals surface area contributed by atoms with Gasteiger partial charge in [-0.2, -0.15) is 9.97 Å². The zero-order valence-electron chi connectivity index (χ0n) is 13.4. The van der Waals surface area contributed by atoms with E-state index in [0.717, 1.165) is 5.56 Å². The van der Waals surface area contributed by atoms with Gasteiger partial charge in [-0.05, 0) is 21.5 Å². The molecule has 25 heavy (non-hydrogen) atoms. The van der Waals surface area contributed by atoms with E-state index in [1.165, 1.54) is 0 Å². The molecular weight excluding hydrogens is 388 g/mol. The summed E-state index contributed by atoms with van der Waals surface area (Å²) in [6.45, 7) is 8.29. The largest absolute Gasteiger partial charge is 0.461 e. The van der Waals surface area contributed by atoms with Crippen LogP contribution in [0.25, 0.3) is 16.0 Å². The molecule has 2 heterocycles. The standard InChI is InChI=1S/C16H15BrN6O2/c1-19-11-5-3-10(4-6-11)9-23-14-12(20-15(23)17)13(18)21-16(22-14)25-8-7-24-2/h3-6H,7-9H2,2H3,(H2,18,21,22). The zero-order chi connectivity index (χ0) is 17.8. The minimum atomic E-state index is 0.180. The second-order valence-electron chi connectivity index (χ2n) is 5.15. The fourth-order valence-corrected chi connectivity index (χ4v) is 2.72. The van der Waals surface area contributed by atoms with Crippen LogP contribution >= 0.6 is 15.9 Å². The van der Waals surface area contributed by atoms with E-state index in [0.29, 0.717) is 41.3 Å². The van der Waals surface area contributed by atoms with E-state index in [1.807, 2.05) is 16.7 Å². The van der Waals surface area contributed by atoms with E-state index in [4.69, 9.17) is 21.8 Å². The molecule has 0 amide bonds. The monoisotopic (exact) mass is 402 g/mol. The molecule has 0 saturated carbocycles. The highest BCUT2D eigenvalue weighted by molar-refractivity contribution is 9.10. The topological polar surface area (TPSA) is 92.4 Å². The molecule has 0 atom stereocenters. The van der Waals surface area contributed by atoms with Crippen LogP contribution in [0.15, 0.2) is 29.0 Å². The Labute approximate surface area is 152 Å². The highest BCUT2D eigenvalue weighted by Gasteiger charge is 2.16. The Kier molecular flexibility index (Phi) is 5.11. The number of halogens is 1. The number of hydrogen-bond acceptors (Lipinski definition) is 6. The molecule has 1 aromatic carbocycles. The maximum atomic E-state index is 7.02. The predicted octanol–water partition coefficient (Wildman–Crippen LogP) is 2.80. The first-order valence-electron chi connectivity index (χ1n) is 7.39. The van der Waals surface area contributed by atoms with Gasteiger partial charge in [-0.1, -0.05) is 24.3 Å². The summed E-state index contributed by atoms with van der Waals surface area (Å²) in [5.74, 6) is 0.250. The molecule has 0 unspecified atom stereocenters. The summed E-state index contributed by atoms with van der Waals surface area (Å²) >= 11 is 3.44. The summed E-state index contributed by atoms with van der Waals surface area (Å²) in [7, 11) is 1.59. The first kappa shape index (κ1) is 17.1. The van der Waals surface area contributed by atoms with Crippen molar-refractivity contribution in [1.82, 2.24) is 19.5 Å². The van der Waals surface area contributed by atoms with Gasteiger partial charge in [0.15, 0.2) is 27.4 Å². The number of aromatic nitrogens is 4. The number of nitrogen functional groups attached to an aromatic ring is 1. The van der Waals surface area contributed by atoms with Crippen molar-refractivity contribution in [3.05, 3.63) is 46.0 Å². The number of rotatable bonds is 6. The number of benzene rings is 1. The van der Waals surface area contributed by atoms with E-state index < -0.39 is 0 Å². The molecule has 2 N–H and O–H groups in total. The van der Waals surface area contributed by atoms with Crippen LogP contribution in [0.2, 0.25) is 0 Å². The van der Waals surface area contributed by atoms with E-state index in [2.05, 4.69) is 35.7 Å². The molecule has 3 rings (SSSR count). The second-order valence-corrected chi connectivity index (χ2v) is 5.86. The molecule has 3 aromatic rings. The highest BCUT2D eigenvalue weighted by atomic mass is 79.9. The van der Waals surface area contributed by atoms with Crippen LogP contribution < -0.4 is 10.5 Å². The lowest BCUT2D eigenvalue weighted by Crippen LogP contribution is -2.09. The van der Waals surface area contributed by atoms with Crippen molar-refractivity contribution in [2.75, 3.05) is 26.1 Å². The summed E-state index contributed by atoms with van der Waals surface area (Å²) in [4.78, 5) is 16.3. The fraction of sp³-hybridized carbons (Fsp3) is 0.250. The lowest BCUT2D eigenvalue weighted by atomic mass is 10.2. The molecule has 0 radical (unpaired) electrons. The molecule has 0 aliphatic heterocycles. The number of hydrogen-bond donors (Lipinski definition) is 1. The number of nitrogens with two attached hydrogens (primary N) is 1. The Bertz CT molecular complexity index is 932. The van der Waals surface area contributed by atoms with Crippen molar-refractivity contribution in [1.29, 1.82) is 0 Å². The number of anilines is 1. The van der Waals surface area contributed by atoms with Crippen LogP contribution in [-0.2, 0) is 11.3 Å². The Morgan fingerprint density at radius 2 is 1.96 bits per heavy atom. The average molecular weight is 403 g/mol. The third kappa shape index (κ3) is 3.70. The van der Waals surface area contributed by atoms with Crippen LogP contribution in [0.3, 0.4) is 0 Å². The number of nitrogens with zero attached hydrogens (tertiary/aromatic N) is 5. The summed E-state index contributed by atoms with van der Waals surface area (Å²) in [6, 6.07) is 7.52. The first-order chi connectivity index (χ1) is 12.1. The summed E-state index contributed by atoms with van der Waals surface area (Å²) in [6.07, 6.45) is 0. The Morgan fingerprint density at radius 1 is 1.20 bits per heavy atom. The number of ether oxygens (including phenoxy) is 2. The maximum Gasteiger partial charge on any atom is 0.320 e. The number of fused-ring (bicyclic) bond motifs is 1. The van der Waals surface area contributed by atoms with Crippen LogP contribution in [0.5, 0.6) is 6.01 Å². The predicted molar refractivity (Wildman–Crippen MR) is 96.6 cm³/mol. The first-order valence-corrected chi connectivity index (χ1v) is 8.19. The van der Waals surface area contributed by atoms with Crippen molar-refractivity contribution in [2.24, 2.45) is 0 Å². The van der Waals surface area contributed by atoms with Crippen LogP contribution in [0, 0.1) is 6.57 Å². The lowest BCUT2D eigenvalue weighted by Gasteiger charge is -2.08. The molecule has 0 aliphatic carbocycles. The SMILES string of the molecule is [C-]#[N+]c1ccc(Cn2c(Br)nc3c(N)nc(OCCOC)nc32)cc1. The summed E-state index contributed by atoms with van der Waals surface area (Å²) in [5, 5.41) is 0. The van der Waals surface area contributed by atoms with Gasteiger partial charge in [0.1, 0.15) is 6.61 Å². The van der Waals surface area contributed by atoms with Crippen molar-refractivity contribution in [2.45, 2.75) is 6.54 Å². The third-order valence-electron chi connectivity index (χ3n) is 3.48. The Balaban J connectivity index is 1.95. The van der Waals surface area contributed by atoms with Gasteiger partial charge in [-0.15, -0.1) is 0 Å². The van der Waals surface area contributed by atoms with Crippen LogP contribution in [0.1, 0.15) is 5.56 Å². The molecule has 0 bridgehead atoms. The van der Waals surface area contributed by atoms with E-state index in [9.17, 15) is 0 Å². The summed E-state index contributed by atoms with van der Waals surface area (Å²) < 4.78 is 12.9. The van der Waals surface area contributed by atoms with Crippen LogP contribution in [-0.4, -0.2) is 39.8 Å². The van der Waals surface area contributed by atoms with Gasteiger partial charge in [0, 0.05) is 7.11 Å². The average Bonchev–Trinajstić information content (AvgIpc) is 2.93. The van der Waals surface area contributed by atoms with Crippen molar-refractivity contribution < 1.29 is 9.47 Å². The smallest absolute Gasteiger partial charge is 0.320 e. The fourth-order valence-electron chi connectivity index (χ4n) is 2.25. The molecule has 0 spiro atoms. The quantitative estimate of drug-likeness (QED) is 0.387. The van der Waals surface area contributed by atoms with E-state index >= 15 is 0 Å². The van der Waals surface area contributed by atoms with E-state index in [1.54, 1.807) is 19.2 Å². The van der Waals surface area contributed by atoms with Crippen LogP contribution in [0.4, 0.5) is 11.5 Å². The van der Waals surface area contributed by atoms with Gasteiger partial charge in [0.2, 0.25) is 0 Å². The number of methoxy groups -OCH3 is 1. The lowest BCUT2D eigenvalue weighted by molar-refractivity contribution is 0.141. The van der Waals surface area contributed by atoms with Gasteiger partial charge in [0.05, 0.1) is 19.7 Å². The molecular formula is C16H15BrN6O2. The van der Waals surface area contributed by atoms with E-state index in [-0.39, 0.29) is 11.8 Å². The molecule has 8 nitrogen and oxygen atoms in total. The third-order valence-corrected chi connectivity index (χ3v) is 4.08. The second kappa shape index (κ2) is 7.46. The molecule has 0 saturated heterocycles. The maximum absolute atomic E-state index is 7.02. The van der Waals surface area contributed by atoms with Crippen molar-refractivity contribution in [3.63, 3.8) is 0 Å². The normalized spacial score (nSPS) is 10.8. The van der Waals surface area contributed by atoms with Gasteiger partial charge >= 0.3 is 6.01 Å². The molecule has 0 fully saturated rings. The molecule has 128 valence electrons. The zero-order valence-corrected chi connectivity index (χ0v) is 15.0. The number of imidazole rings is 1. The Hall–Kier alpha value is -2.70. The van der Waals surface area contributed by atoms with Gasteiger partial charge in [-0.25, -0.2) is 9.83 Å². The molecule has 9 heteroatoms. The van der Waals surface area contributed by atoms with Crippen molar-refractivity contribution >= 4 is 38.6 Å². The minimum absolute atomic E-state index is 0.180. The van der Waals surface area contributed by atoms with Crippen molar-refractivity contribution in [3.8, 4) is 6.01 Å². The van der Waals surface area contributed by atoms with Gasteiger partial charge in [0.25, 0.3) is 0 Å². The van der Waals surface area contributed by atoms with Gasteiger partial charge in [-0.3, -0.25) is 4.57 Å². The minimum Gasteiger partial charge on any atom is -0.461 e. The molecule has 0 aliphatic rings. The Morgan fingerprint density at radius 3 is 2.64 bits per heavy atom. The summed E-state index contributed by atoms with van der Waals surface area (Å²) in [5.41, 5.74) is 8.66. The van der Waals surface area contributed by atoms with Gasteiger partial charge < -0.3 is 15.2 Å². The molecule has 2 aromatic heterocycles. The highest BCUT2D eigenvalue weighted by Crippen LogP contribution is 2.25.